The van der Waals surface area contributed by atoms with E-state index >= 15 is 0 Å². The van der Waals surface area contributed by atoms with Gasteiger partial charge in [-0.2, -0.15) is 0 Å². The minimum Gasteiger partial charge on any atom is -0.477 e. The molecule has 0 aromatic heterocycles. The first-order chi connectivity index (χ1) is 7.31. The van der Waals surface area contributed by atoms with Crippen LogP contribution in [-0.4, -0.2) is 78.9 Å². The van der Waals surface area contributed by atoms with Crippen LogP contribution in [0.15, 0.2) is 0 Å². The second kappa shape index (κ2) is 6.92. The SMILES string of the molecule is N.O.O=C(O)[C@]1(O)C[C@@H](O)[C@H]([C@H](O)[C@H](O)CO)O1. The number of carboxylic acid groups (broad SMARTS) is 1. The highest BCUT2D eigenvalue weighted by Gasteiger charge is 2.53. The standard InChI is InChI=1S/C8H14O8.H3N.H2O/c9-2-4(11)5(12)6-3(10)1-8(15,16-6)7(13)14;;/h3-6,9-12,15H,1-2H2,(H,13,14);1H3;1H2/t3-,4-,5-,6-,8+;;/m1../s1. The van der Waals surface area contributed by atoms with Gasteiger partial charge in [-0.1, -0.05) is 0 Å². The molecule has 0 saturated carbocycles. The molecule has 0 aromatic rings. The normalized spacial score (nSPS) is 34.1. The fourth-order valence-corrected chi connectivity index (χ4v) is 1.51. The zero-order chi connectivity index (χ0) is 12.5. The summed E-state index contributed by atoms with van der Waals surface area (Å²) in [5.74, 6) is -4.28. The van der Waals surface area contributed by atoms with E-state index in [0.717, 1.165) is 0 Å². The number of rotatable bonds is 4. The summed E-state index contributed by atoms with van der Waals surface area (Å²) >= 11 is 0. The quantitative estimate of drug-likeness (QED) is 0.265. The fourth-order valence-electron chi connectivity index (χ4n) is 1.51. The molecule has 1 aliphatic heterocycles. The van der Waals surface area contributed by atoms with E-state index < -0.39 is 49.2 Å². The van der Waals surface area contributed by atoms with Crippen LogP contribution >= 0.6 is 0 Å². The summed E-state index contributed by atoms with van der Waals surface area (Å²) < 4.78 is 4.59. The fraction of sp³-hybridized carbons (Fsp3) is 0.875. The van der Waals surface area contributed by atoms with Crippen LogP contribution in [0.2, 0.25) is 0 Å². The van der Waals surface area contributed by atoms with Gasteiger partial charge in [0.25, 0.3) is 5.79 Å². The molecule has 1 fully saturated rings. The third-order valence-electron chi connectivity index (χ3n) is 2.45. The predicted octanol–water partition coefficient (Wildman–Crippen LogP) is -4.04. The molecule has 0 radical (unpaired) electrons. The van der Waals surface area contributed by atoms with Gasteiger partial charge in [0, 0.05) is 6.42 Å². The van der Waals surface area contributed by atoms with Crippen molar-refractivity contribution >= 4 is 5.97 Å². The van der Waals surface area contributed by atoms with Gasteiger partial charge < -0.3 is 47.0 Å². The molecule has 0 aliphatic carbocycles. The van der Waals surface area contributed by atoms with Crippen molar-refractivity contribution in [3.8, 4) is 0 Å². The van der Waals surface area contributed by atoms with E-state index in [2.05, 4.69) is 4.74 Å². The van der Waals surface area contributed by atoms with Gasteiger partial charge in [0.05, 0.1) is 12.7 Å². The zero-order valence-corrected chi connectivity index (χ0v) is 9.43. The molecule has 110 valence electrons. The molecule has 0 spiro atoms. The van der Waals surface area contributed by atoms with Crippen LogP contribution < -0.4 is 6.15 Å². The largest absolute Gasteiger partial charge is 0.477 e. The van der Waals surface area contributed by atoms with Crippen LogP contribution in [0.4, 0.5) is 0 Å². The highest BCUT2D eigenvalue weighted by molar-refractivity contribution is 5.75. The Morgan fingerprint density at radius 1 is 1.44 bits per heavy atom. The maximum absolute atomic E-state index is 10.6. The highest BCUT2D eigenvalue weighted by Crippen LogP contribution is 2.31. The molecule has 1 heterocycles. The summed E-state index contributed by atoms with van der Waals surface area (Å²) in [6.07, 6.45) is -6.81. The van der Waals surface area contributed by atoms with Crippen molar-refractivity contribution in [1.82, 2.24) is 6.15 Å². The van der Waals surface area contributed by atoms with Crippen LogP contribution in [0.25, 0.3) is 0 Å². The molecule has 18 heavy (non-hydrogen) atoms. The van der Waals surface area contributed by atoms with E-state index in [0.29, 0.717) is 0 Å². The molecule has 10 nitrogen and oxygen atoms in total. The molecule has 11 N–H and O–H groups in total. The third-order valence-corrected chi connectivity index (χ3v) is 2.45. The number of aliphatic hydroxyl groups is 5. The Kier molecular flexibility index (Phi) is 7.49. The maximum atomic E-state index is 10.6. The summed E-state index contributed by atoms with van der Waals surface area (Å²) in [6.45, 7) is -0.779. The number of carboxylic acids is 1. The Hall–Kier alpha value is -0.850. The molecule has 5 atom stereocenters. The molecule has 1 aliphatic rings. The van der Waals surface area contributed by atoms with Crippen molar-refractivity contribution in [3.05, 3.63) is 0 Å². The van der Waals surface area contributed by atoms with Gasteiger partial charge in [0.2, 0.25) is 0 Å². The van der Waals surface area contributed by atoms with Crippen LogP contribution in [0, 0.1) is 0 Å². The van der Waals surface area contributed by atoms with Gasteiger partial charge in [-0.25, -0.2) is 4.79 Å². The van der Waals surface area contributed by atoms with E-state index in [4.69, 9.17) is 15.3 Å². The monoisotopic (exact) mass is 273 g/mol. The van der Waals surface area contributed by atoms with Crippen molar-refractivity contribution in [3.63, 3.8) is 0 Å². The summed E-state index contributed by atoms with van der Waals surface area (Å²) in [5.41, 5.74) is 0. The minimum absolute atomic E-state index is 0. The van der Waals surface area contributed by atoms with Crippen molar-refractivity contribution in [1.29, 1.82) is 0 Å². The minimum atomic E-state index is -2.58. The van der Waals surface area contributed by atoms with Gasteiger partial charge in [-0.05, 0) is 0 Å². The molecule has 10 heteroatoms. The van der Waals surface area contributed by atoms with Crippen molar-refractivity contribution < 1.29 is 45.6 Å². The zero-order valence-electron chi connectivity index (χ0n) is 9.43. The molecule has 1 saturated heterocycles. The maximum Gasteiger partial charge on any atom is 0.364 e. The van der Waals surface area contributed by atoms with E-state index in [-0.39, 0.29) is 11.6 Å². The third kappa shape index (κ3) is 3.57. The lowest BCUT2D eigenvalue weighted by molar-refractivity contribution is -0.230. The first-order valence-electron chi connectivity index (χ1n) is 4.60. The molecular formula is C8H19NO9. The van der Waals surface area contributed by atoms with E-state index in [1.54, 1.807) is 0 Å². The molecular weight excluding hydrogens is 254 g/mol. The Balaban J connectivity index is 0. The van der Waals surface area contributed by atoms with Crippen LogP contribution in [0.3, 0.4) is 0 Å². The van der Waals surface area contributed by atoms with Gasteiger partial charge >= 0.3 is 5.97 Å². The lowest BCUT2D eigenvalue weighted by Gasteiger charge is -2.24. The van der Waals surface area contributed by atoms with Crippen LogP contribution in [0.5, 0.6) is 0 Å². The van der Waals surface area contributed by atoms with Crippen molar-refractivity contribution in [2.75, 3.05) is 6.61 Å². The van der Waals surface area contributed by atoms with Gasteiger partial charge in [-0.15, -0.1) is 0 Å². The lowest BCUT2D eigenvalue weighted by Crippen LogP contribution is -2.46. The first kappa shape index (κ1) is 19.5. The summed E-state index contributed by atoms with van der Waals surface area (Å²) in [5, 5.41) is 54.4. The first-order valence-corrected chi connectivity index (χ1v) is 4.60. The molecule has 0 bridgehead atoms. The van der Waals surface area contributed by atoms with Gasteiger partial charge in [0.1, 0.15) is 18.3 Å². The molecule has 0 unspecified atom stereocenters. The summed E-state index contributed by atoms with van der Waals surface area (Å²) in [4.78, 5) is 10.6. The Labute approximate surface area is 102 Å². The Bertz CT molecular complexity index is 275. The number of aliphatic carboxylic acids is 1. The second-order valence-corrected chi connectivity index (χ2v) is 3.68. The van der Waals surface area contributed by atoms with E-state index in [1.807, 2.05) is 0 Å². The van der Waals surface area contributed by atoms with Gasteiger partial charge in [0.15, 0.2) is 0 Å². The second-order valence-electron chi connectivity index (χ2n) is 3.68. The predicted molar refractivity (Wildman–Crippen MR) is 55.8 cm³/mol. The number of carbonyl (C=O) groups is 1. The number of aliphatic hydroxyl groups excluding tert-OH is 4. The Morgan fingerprint density at radius 2 is 1.94 bits per heavy atom. The summed E-state index contributed by atoms with van der Waals surface area (Å²) in [6, 6.07) is 0. The molecule has 1 rings (SSSR count). The van der Waals surface area contributed by atoms with E-state index in [9.17, 15) is 20.1 Å². The average Bonchev–Trinajstić information content (AvgIpc) is 2.53. The lowest BCUT2D eigenvalue weighted by atomic mass is 10.0. The average molecular weight is 273 g/mol. The van der Waals surface area contributed by atoms with Crippen LogP contribution in [0.1, 0.15) is 6.42 Å². The number of hydrogen-bond acceptors (Lipinski definition) is 8. The topological polar surface area (TPSA) is 214 Å². The van der Waals surface area contributed by atoms with Gasteiger partial charge in [-0.3, -0.25) is 0 Å². The molecule has 0 aromatic carbocycles. The summed E-state index contributed by atoms with van der Waals surface area (Å²) in [7, 11) is 0. The highest BCUT2D eigenvalue weighted by atomic mass is 16.7. The molecule has 0 amide bonds. The van der Waals surface area contributed by atoms with Crippen LogP contribution in [-0.2, 0) is 9.53 Å². The smallest absolute Gasteiger partial charge is 0.364 e. The number of ether oxygens (including phenoxy) is 1. The Morgan fingerprint density at radius 3 is 2.28 bits per heavy atom. The van der Waals surface area contributed by atoms with E-state index in [1.165, 1.54) is 0 Å². The van der Waals surface area contributed by atoms with Crippen molar-refractivity contribution in [2.45, 2.75) is 36.6 Å². The van der Waals surface area contributed by atoms with Crippen molar-refractivity contribution in [2.24, 2.45) is 0 Å². The number of hydrogen-bond donors (Lipinski definition) is 7.